The lowest BCUT2D eigenvalue weighted by molar-refractivity contribution is -0.170. The molecule has 1 saturated heterocycles. The highest BCUT2D eigenvalue weighted by Crippen LogP contribution is 2.34. The number of hydrogen-bond donors (Lipinski definition) is 4. The second-order valence-electron chi connectivity index (χ2n) is 9.52. The smallest absolute Gasteiger partial charge is 0.433 e. The molecular weight excluding hydrogens is 583 g/mol. The van der Waals surface area contributed by atoms with Gasteiger partial charge in [0.15, 0.2) is 17.9 Å². The summed E-state index contributed by atoms with van der Waals surface area (Å²) in [5, 5.41) is 38.0. The van der Waals surface area contributed by atoms with Crippen LogP contribution in [0.15, 0.2) is 36.7 Å². The Kier molecular flexibility index (Phi) is 10.2. The number of ether oxygens (including phenoxy) is 1. The average molecular weight is 612 g/mol. The Morgan fingerprint density at radius 3 is 2.30 bits per heavy atom. The number of likely N-dealkylation sites (tertiary alicyclic amines) is 1. The summed E-state index contributed by atoms with van der Waals surface area (Å²) in [6.07, 6.45) is -2.02. The first-order valence-corrected chi connectivity index (χ1v) is 12.8. The minimum absolute atomic E-state index is 0.127. The predicted molar refractivity (Wildman–Crippen MR) is 138 cm³/mol. The van der Waals surface area contributed by atoms with Crippen LogP contribution in [0.2, 0.25) is 0 Å². The van der Waals surface area contributed by atoms with Gasteiger partial charge < -0.3 is 30.1 Å². The third-order valence-electron chi connectivity index (χ3n) is 6.35. The molecule has 1 fully saturated rings. The van der Waals surface area contributed by atoms with Crippen LogP contribution < -0.4 is 4.74 Å². The van der Waals surface area contributed by atoms with Crippen molar-refractivity contribution in [2.45, 2.75) is 56.8 Å². The second kappa shape index (κ2) is 13.5. The molecule has 3 aromatic heterocycles. The van der Waals surface area contributed by atoms with Crippen LogP contribution in [0.3, 0.4) is 0 Å². The van der Waals surface area contributed by atoms with Crippen LogP contribution in [0.4, 0.5) is 13.2 Å². The van der Waals surface area contributed by atoms with Crippen molar-refractivity contribution in [2.24, 2.45) is 0 Å². The Bertz CT molecular complexity index is 1460. The molecule has 0 spiro atoms. The highest BCUT2D eigenvalue weighted by Gasteiger charge is 2.41. The zero-order chi connectivity index (χ0) is 31.9. The zero-order valence-electron chi connectivity index (χ0n) is 22.7. The highest BCUT2D eigenvalue weighted by atomic mass is 19.4. The molecule has 0 aliphatic carbocycles. The summed E-state index contributed by atoms with van der Waals surface area (Å²) in [5.74, 6) is -4.80. The predicted octanol–water partition coefficient (Wildman–Crippen LogP) is 2.20. The molecule has 1 aliphatic rings. The molecule has 1 unspecified atom stereocenters. The summed E-state index contributed by atoms with van der Waals surface area (Å²) in [4.78, 5) is 53.0. The number of fused-ring (bicyclic) bond motifs is 1. The van der Waals surface area contributed by atoms with Crippen LogP contribution in [0.5, 0.6) is 5.75 Å². The minimum atomic E-state index is -4.56. The number of aromatic nitrogens is 4. The average Bonchev–Trinajstić information content (AvgIpc) is 3.58. The van der Waals surface area contributed by atoms with Gasteiger partial charge in [-0.05, 0) is 37.5 Å². The molecule has 0 bridgehead atoms. The Morgan fingerprint density at radius 1 is 1.09 bits per heavy atom. The van der Waals surface area contributed by atoms with Crippen molar-refractivity contribution >= 4 is 29.5 Å². The van der Waals surface area contributed by atoms with Gasteiger partial charge >= 0.3 is 24.1 Å². The van der Waals surface area contributed by atoms with Gasteiger partial charge in [-0.2, -0.15) is 18.3 Å². The van der Waals surface area contributed by atoms with Gasteiger partial charge in [0, 0.05) is 24.5 Å². The fourth-order valence-corrected chi connectivity index (χ4v) is 4.34. The molecule has 3 aromatic rings. The van der Waals surface area contributed by atoms with E-state index >= 15 is 0 Å². The van der Waals surface area contributed by atoms with E-state index in [1.165, 1.54) is 12.3 Å². The summed E-state index contributed by atoms with van der Waals surface area (Å²) in [5.41, 5.74) is -2.74. The Morgan fingerprint density at radius 2 is 1.77 bits per heavy atom. The van der Waals surface area contributed by atoms with E-state index in [4.69, 9.17) is 25.2 Å². The normalized spacial score (nSPS) is 15.1. The van der Waals surface area contributed by atoms with Crippen molar-refractivity contribution < 1.29 is 57.5 Å². The third kappa shape index (κ3) is 8.37. The summed E-state index contributed by atoms with van der Waals surface area (Å²) >= 11 is 0. The van der Waals surface area contributed by atoms with Gasteiger partial charge in [0.05, 0.1) is 30.8 Å². The van der Waals surface area contributed by atoms with Crippen molar-refractivity contribution in [3.63, 3.8) is 0 Å². The van der Waals surface area contributed by atoms with Gasteiger partial charge in [-0.1, -0.05) is 6.92 Å². The molecule has 4 heterocycles. The standard InChI is InChI=1S/C20H20F3N5O2.C6H8O7/c1-2-13-9-17(20(21,22)23)28-18(25-13)10-15(26-28)16-6-4-8-27(16)19(29)12-30-14-5-3-7-24-11-14;7-3(8)1-6(13,5(11)12)2-4(9)10/h3,5,7,9-11,16H,2,4,6,8,12H2,1H3;13H,1-2H2,(H,7,8)(H,9,10)(H,11,12). The van der Waals surface area contributed by atoms with E-state index in [1.54, 1.807) is 30.2 Å². The summed E-state index contributed by atoms with van der Waals surface area (Å²) < 4.78 is 46.8. The summed E-state index contributed by atoms with van der Waals surface area (Å²) in [6, 6.07) is 5.53. The fraction of sp³-hybridized carbons (Fsp3) is 0.423. The lowest BCUT2D eigenvalue weighted by atomic mass is 9.96. The van der Waals surface area contributed by atoms with E-state index in [2.05, 4.69) is 15.1 Å². The minimum Gasteiger partial charge on any atom is -0.482 e. The summed E-state index contributed by atoms with van der Waals surface area (Å²) in [6.45, 7) is 2.06. The number of carbonyl (C=O) groups excluding carboxylic acids is 1. The molecule has 1 aliphatic heterocycles. The van der Waals surface area contributed by atoms with Gasteiger partial charge in [-0.25, -0.2) is 14.3 Å². The number of nitrogens with zero attached hydrogens (tertiary/aromatic N) is 5. The Balaban J connectivity index is 0.000000331. The van der Waals surface area contributed by atoms with Crippen molar-refractivity contribution in [3.8, 4) is 5.75 Å². The van der Waals surface area contributed by atoms with E-state index in [-0.39, 0.29) is 18.2 Å². The van der Waals surface area contributed by atoms with Crippen LogP contribution in [0.1, 0.15) is 55.7 Å². The van der Waals surface area contributed by atoms with Gasteiger partial charge in [-0.15, -0.1) is 0 Å². The van der Waals surface area contributed by atoms with Crippen molar-refractivity contribution in [1.82, 2.24) is 24.5 Å². The van der Waals surface area contributed by atoms with Gasteiger partial charge in [0.25, 0.3) is 5.91 Å². The van der Waals surface area contributed by atoms with E-state index < -0.39 is 54.3 Å². The van der Waals surface area contributed by atoms with Crippen molar-refractivity contribution in [1.29, 1.82) is 0 Å². The number of hydrogen-bond acceptors (Lipinski definition) is 9. The number of carbonyl (C=O) groups is 4. The van der Waals surface area contributed by atoms with Crippen LogP contribution in [0.25, 0.3) is 5.65 Å². The third-order valence-corrected chi connectivity index (χ3v) is 6.35. The fourth-order valence-electron chi connectivity index (χ4n) is 4.34. The molecule has 4 N–H and O–H groups in total. The second-order valence-corrected chi connectivity index (χ2v) is 9.52. The molecule has 0 aromatic carbocycles. The molecule has 1 amide bonds. The number of alkyl halides is 3. The Labute approximate surface area is 241 Å². The molecular formula is C26H28F3N5O9. The van der Waals surface area contributed by atoms with Crippen LogP contribution in [0, 0.1) is 0 Å². The van der Waals surface area contributed by atoms with Crippen LogP contribution in [-0.2, 0) is 31.8 Å². The maximum Gasteiger partial charge on any atom is 0.433 e. The van der Waals surface area contributed by atoms with Gasteiger partial charge in [-0.3, -0.25) is 19.4 Å². The van der Waals surface area contributed by atoms with Gasteiger partial charge in [0.1, 0.15) is 11.4 Å². The first-order valence-electron chi connectivity index (χ1n) is 12.8. The van der Waals surface area contributed by atoms with E-state index in [1.807, 2.05) is 0 Å². The van der Waals surface area contributed by atoms with Crippen molar-refractivity contribution in [2.75, 3.05) is 13.2 Å². The monoisotopic (exact) mass is 611 g/mol. The number of pyridine rings is 1. The highest BCUT2D eigenvalue weighted by molar-refractivity contribution is 5.88. The first-order chi connectivity index (χ1) is 20.1. The zero-order valence-corrected chi connectivity index (χ0v) is 22.7. The number of carboxylic acids is 3. The topological polar surface area (TPSA) is 205 Å². The molecule has 14 nitrogen and oxygen atoms in total. The molecule has 4 rings (SSSR count). The largest absolute Gasteiger partial charge is 0.482 e. The number of aryl methyl sites for hydroxylation is 1. The van der Waals surface area contributed by atoms with Gasteiger partial charge in [0.2, 0.25) is 0 Å². The van der Waals surface area contributed by atoms with E-state index in [0.717, 1.165) is 17.0 Å². The number of amides is 1. The number of aliphatic carboxylic acids is 3. The summed E-state index contributed by atoms with van der Waals surface area (Å²) in [7, 11) is 0. The maximum atomic E-state index is 13.5. The first kappa shape index (κ1) is 32.7. The van der Waals surface area contributed by atoms with Crippen molar-refractivity contribution in [3.05, 3.63) is 53.7 Å². The molecule has 0 radical (unpaired) electrons. The number of aliphatic hydroxyl groups is 1. The lowest BCUT2D eigenvalue weighted by Gasteiger charge is -2.23. The number of carboxylic acid groups (broad SMARTS) is 3. The SMILES string of the molecule is CCc1cc(C(F)(F)F)n2nc(C3CCCN3C(=O)COc3cccnc3)cc2n1.O=C(O)CC(O)(CC(=O)O)C(=O)O. The maximum absolute atomic E-state index is 13.5. The van der Waals surface area contributed by atoms with E-state index in [9.17, 15) is 32.3 Å². The van der Waals surface area contributed by atoms with E-state index in [0.29, 0.717) is 36.5 Å². The quantitative estimate of drug-likeness (QED) is 0.260. The molecule has 232 valence electrons. The molecule has 0 saturated carbocycles. The Hall–Kier alpha value is -4.80. The molecule has 43 heavy (non-hydrogen) atoms. The van der Waals surface area contributed by atoms with Crippen LogP contribution in [-0.4, -0.2) is 87.5 Å². The molecule has 17 heteroatoms. The van der Waals surface area contributed by atoms with Crippen LogP contribution >= 0.6 is 0 Å². The lowest BCUT2D eigenvalue weighted by Crippen LogP contribution is -2.42. The number of halogens is 3. The number of rotatable bonds is 10. The molecule has 1 atom stereocenters.